The number of rotatable bonds is 2. The SMILES string of the molecule is Nc1cc(F)c(N2CC(O)C(O)C2)cc1C(=O)O. The van der Waals surface area contributed by atoms with E-state index in [0.29, 0.717) is 0 Å². The van der Waals surface area contributed by atoms with Crippen molar-refractivity contribution < 1.29 is 24.5 Å². The smallest absolute Gasteiger partial charge is 0.337 e. The Balaban J connectivity index is 2.39. The van der Waals surface area contributed by atoms with Gasteiger partial charge < -0.3 is 26.0 Å². The van der Waals surface area contributed by atoms with Gasteiger partial charge in [-0.1, -0.05) is 0 Å². The highest BCUT2D eigenvalue weighted by Crippen LogP contribution is 2.28. The number of carbonyl (C=O) groups is 1. The second kappa shape index (κ2) is 4.43. The van der Waals surface area contributed by atoms with Gasteiger partial charge in [0.05, 0.1) is 23.5 Å². The first-order valence-corrected chi connectivity index (χ1v) is 5.33. The van der Waals surface area contributed by atoms with Gasteiger partial charge in [0.15, 0.2) is 0 Å². The van der Waals surface area contributed by atoms with Gasteiger partial charge in [0.1, 0.15) is 5.82 Å². The highest BCUT2D eigenvalue weighted by molar-refractivity contribution is 5.95. The highest BCUT2D eigenvalue weighted by atomic mass is 19.1. The monoisotopic (exact) mass is 256 g/mol. The van der Waals surface area contributed by atoms with E-state index in [1.807, 2.05) is 0 Å². The number of hydrogen-bond acceptors (Lipinski definition) is 5. The average Bonchev–Trinajstić information content (AvgIpc) is 2.58. The van der Waals surface area contributed by atoms with Gasteiger partial charge in [-0.15, -0.1) is 0 Å². The molecule has 2 rings (SSSR count). The van der Waals surface area contributed by atoms with Crippen LogP contribution in [0.25, 0.3) is 0 Å². The number of aliphatic hydroxyl groups excluding tert-OH is 2. The molecule has 0 aliphatic carbocycles. The maximum Gasteiger partial charge on any atom is 0.337 e. The molecule has 6 nitrogen and oxygen atoms in total. The highest BCUT2D eigenvalue weighted by Gasteiger charge is 2.31. The van der Waals surface area contributed by atoms with Crippen LogP contribution >= 0.6 is 0 Å². The maximum atomic E-state index is 13.7. The van der Waals surface area contributed by atoms with Crippen molar-refractivity contribution in [1.82, 2.24) is 0 Å². The van der Waals surface area contributed by atoms with Gasteiger partial charge in [-0.3, -0.25) is 0 Å². The number of carboxylic acids is 1. The van der Waals surface area contributed by atoms with E-state index in [4.69, 9.17) is 10.8 Å². The normalized spacial score (nSPS) is 23.4. The summed E-state index contributed by atoms with van der Waals surface area (Å²) in [5.41, 5.74) is 5.05. The molecule has 0 saturated carbocycles. The summed E-state index contributed by atoms with van der Waals surface area (Å²) in [7, 11) is 0. The van der Waals surface area contributed by atoms with E-state index in [2.05, 4.69) is 0 Å². The number of aromatic carboxylic acids is 1. The Morgan fingerprint density at radius 2 is 1.89 bits per heavy atom. The van der Waals surface area contributed by atoms with Gasteiger partial charge in [-0.05, 0) is 12.1 Å². The molecule has 1 aliphatic heterocycles. The molecule has 5 N–H and O–H groups in total. The molecule has 1 fully saturated rings. The van der Waals surface area contributed by atoms with Crippen LogP contribution in [0.15, 0.2) is 12.1 Å². The fourth-order valence-corrected chi connectivity index (χ4v) is 1.97. The minimum absolute atomic E-state index is 0.0113. The lowest BCUT2D eigenvalue weighted by Gasteiger charge is -2.19. The van der Waals surface area contributed by atoms with Crippen LogP contribution in [0.5, 0.6) is 0 Å². The summed E-state index contributed by atoms with van der Waals surface area (Å²) >= 11 is 0. The molecule has 1 aromatic carbocycles. The molecule has 0 spiro atoms. The fourth-order valence-electron chi connectivity index (χ4n) is 1.97. The minimum atomic E-state index is -1.26. The second-order valence-electron chi connectivity index (χ2n) is 4.24. The Kier molecular flexibility index (Phi) is 3.10. The summed E-state index contributed by atoms with van der Waals surface area (Å²) < 4.78 is 13.7. The van der Waals surface area contributed by atoms with E-state index in [9.17, 15) is 19.4 Å². The number of nitrogens with zero attached hydrogens (tertiary/aromatic N) is 1. The first-order chi connectivity index (χ1) is 8.40. The average molecular weight is 256 g/mol. The summed E-state index contributed by atoms with van der Waals surface area (Å²) in [5, 5.41) is 27.7. The Morgan fingerprint density at radius 1 is 1.33 bits per heavy atom. The minimum Gasteiger partial charge on any atom is -0.478 e. The molecule has 1 saturated heterocycles. The lowest BCUT2D eigenvalue weighted by molar-refractivity contribution is 0.0572. The predicted octanol–water partition coefficient (Wildman–Crippen LogP) is -0.352. The lowest BCUT2D eigenvalue weighted by atomic mass is 10.1. The third-order valence-corrected chi connectivity index (χ3v) is 2.95. The Hall–Kier alpha value is -1.86. The predicted molar refractivity (Wildman–Crippen MR) is 62.0 cm³/mol. The van der Waals surface area contributed by atoms with E-state index in [0.717, 1.165) is 12.1 Å². The zero-order valence-corrected chi connectivity index (χ0v) is 9.38. The van der Waals surface area contributed by atoms with Gasteiger partial charge >= 0.3 is 5.97 Å². The van der Waals surface area contributed by atoms with Crippen LogP contribution in [0.3, 0.4) is 0 Å². The maximum absolute atomic E-state index is 13.7. The summed E-state index contributed by atoms with van der Waals surface area (Å²) in [6.07, 6.45) is -1.95. The third kappa shape index (κ3) is 2.09. The molecule has 7 heteroatoms. The van der Waals surface area contributed by atoms with Crippen LogP contribution in [0.4, 0.5) is 15.8 Å². The molecule has 2 atom stereocenters. The van der Waals surface area contributed by atoms with Crippen LogP contribution in [0, 0.1) is 5.82 Å². The number of nitrogen functional groups attached to an aromatic ring is 1. The number of anilines is 2. The topological polar surface area (TPSA) is 107 Å². The third-order valence-electron chi connectivity index (χ3n) is 2.95. The molecule has 98 valence electrons. The van der Waals surface area contributed by atoms with Crippen molar-refractivity contribution in [1.29, 1.82) is 0 Å². The van der Waals surface area contributed by atoms with E-state index in [1.54, 1.807) is 0 Å². The first kappa shape index (κ1) is 12.6. The molecule has 0 bridgehead atoms. The van der Waals surface area contributed by atoms with E-state index >= 15 is 0 Å². The number of carboxylic acid groups (broad SMARTS) is 1. The molecule has 1 heterocycles. The largest absolute Gasteiger partial charge is 0.478 e. The summed E-state index contributed by atoms with van der Waals surface area (Å²) in [6, 6.07) is 2.04. The van der Waals surface area contributed by atoms with Gasteiger partial charge in [-0.2, -0.15) is 0 Å². The van der Waals surface area contributed by atoms with Crippen LogP contribution in [-0.4, -0.2) is 46.6 Å². The molecule has 0 amide bonds. The van der Waals surface area contributed by atoms with Crippen molar-refractivity contribution in [2.24, 2.45) is 0 Å². The van der Waals surface area contributed by atoms with E-state index < -0.39 is 24.0 Å². The molecule has 1 aliphatic rings. The van der Waals surface area contributed by atoms with Crippen LogP contribution < -0.4 is 10.6 Å². The molecular weight excluding hydrogens is 243 g/mol. The van der Waals surface area contributed by atoms with Crippen molar-refractivity contribution in [2.75, 3.05) is 23.7 Å². The fraction of sp³-hybridized carbons (Fsp3) is 0.364. The number of hydrogen-bond donors (Lipinski definition) is 4. The van der Waals surface area contributed by atoms with Crippen molar-refractivity contribution in [3.8, 4) is 0 Å². The number of halogens is 1. The Bertz CT molecular complexity index is 484. The van der Waals surface area contributed by atoms with Crippen molar-refractivity contribution in [3.05, 3.63) is 23.5 Å². The van der Waals surface area contributed by atoms with E-state index in [-0.39, 0.29) is 30.0 Å². The van der Waals surface area contributed by atoms with E-state index in [1.165, 1.54) is 4.90 Å². The molecule has 18 heavy (non-hydrogen) atoms. The van der Waals surface area contributed by atoms with Gasteiger partial charge in [-0.25, -0.2) is 9.18 Å². The summed E-state index contributed by atoms with van der Waals surface area (Å²) in [6.45, 7) is 0.0854. The molecule has 2 unspecified atom stereocenters. The number of β-amino-alcohol motifs (C(OH)–C–C–N with tert-alkyl or cyclic N) is 2. The Labute approximate surface area is 102 Å². The summed E-state index contributed by atoms with van der Waals surface area (Å²) in [5.74, 6) is -1.94. The molecule has 1 aromatic rings. The van der Waals surface area contributed by atoms with Crippen LogP contribution in [-0.2, 0) is 0 Å². The zero-order valence-electron chi connectivity index (χ0n) is 9.38. The second-order valence-corrected chi connectivity index (χ2v) is 4.24. The summed E-state index contributed by atoms with van der Waals surface area (Å²) in [4.78, 5) is 12.3. The molecular formula is C11H13FN2O4. The number of benzene rings is 1. The zero-order chi connectivity index (χ0) is 13.4. The lowest BCUT2D eigenvalue weighted by Crippen LogP contribution is -2.23. The Morgan fingerprint density at radius 3 is 2.39 bits per heavy atom. The van der Waals surface area contributed by atoms with Gasteiger partial charge in [0, 0.05) is 18.8 Å². The standard InChI is InChI=1S/C11H13FN2O4/c12-6-2-7(13)5(11(17)18)1-8(6)14-3-9(15)10(16)4-14/h1-2,9-10,15-16H,3-4,13H2,(H,17,18). The van der Waals surface area contributed by atoms with Crippen LogP contribution in [0.1, 0.15) is 10.4 Å². The number of nitrogens with two attached hydrogens (primary N) is 1. The molecule has 0 aromatic heterocycles. The van der Waals surface area contributed by atoms with Gasteiger partial charge in [0.2, 0.25) is 0 Å². The van der Waals surface area contributed by atoms with Crippen LogP contribution in [0.2, 0.25) is 0 Å². The van der Waals surface area contributed by atoms with Crippen molar-refractivity contribution in [2.45, 2.75) is 12.2 Å². The quantitative estimate of drug-likeness (QED) is 0.539. The number of aliphatic hydroxyl groups is 2. The first-order valence-electron chi connectivity index (χ1n) is 5.33. The molecule has 0 radical (unpaired) electrons. The van der Waals surface area contributed by atoms with Crippen molar-refractivity contribution >= 4 is 17.3 Å². The van der Waals surface area contributed by atoms with Gasteiger partial charge in [0.25, 0.3) is 0 Å². The van der Waals surface area contributed by atoms with Crippen molar-refractivity contribution in [3.63, 3.8) is 0 Å².